The zero-order valence-corrected chi connectivity index (χ0v) is 12.7. The Bertz CT molecular complexity index is 542. The highest BCUT2D eigenvalue weighted by atomic mass is 32.1. The van der Waals surface area contributed by atoms with Gasteiger partial charge in [-0.25, -0.2) is 0 Å². The van der Waals surface area contributed by atoms with Gasteiger partial charge in [-0.3, -0.25) is 9.69 Å². The average Bonchev–Trinajstić information content (AvgIpc) is 2.47. The van der Waals surface area contributed by atoms with E-state index in [2.05, 4.69) is 4.90 Å². The summed E-state index contributed by atoms with van der Waals surface area (Å²) < 4.78 is 5.03. The molecule has 1 aliphatic heterocycles. The highest BCUT2D eigenvalue weighted by molar-refractivity contribution is 7.80. The van der Waals surface area contributed by atoms with Crippen LogP contribution in [-0.4, -0.2) is 65.6 Å². The van der Waals surface area contributed by atoms with Gasteiger partial charge in [-0.15, -0.1) is 0 Å². The highest BCUT2D eigenvalue weighted by Gasteiger charge is 2.25. The van der Waals surface area contributed by atoms with Gasteiger partial charge in [0.1, 0.15) is 0 Å². The number of thiocarbonyl (C=S) groups is 1. The number of nitrogens with zero attached hydrogens (tertiary/aromatic N) is 2. The van der Waals surface area contributed by atoms with Crippen LogP contribution in [0.5, 0.6) is 11.5 Å². The SMILES string of the molecule is COc1cccc(C(=O)N2CCN(CC(N)=S)CC2)c1O. The number of rotatable bonds is 4. The van der Waals surface area contributed by atoms with Crippen LogP contribution < -0.4 is 10.5 Å². The van der Waals surface area contributed by atoms with Gasteiger partial charge >= 0.3 is 0 Å². The number of hydrogen-bond donors (Lipinski definition) is 2. The van der Waals surface area contributed by atoms with Crippen molar-refractivity contribution in [2.24, 2.45) is 5.73 Å². The molecule has 0 aromatic heterocycles. The lowest BCUT2D eigenvalue weighted by atomic mass is 10.1. The number of phenols is 1. The fraction of sp³-hybridized carbons (Fsp3) is 0.429. The first-order valence-corrected chi connectivity index (χ1v) is 7.09. The number of ether oxygens (including phenoxy) is 1. The molecule has 1 heterocycles. The van der Waals surface area contributed by atoms with Crippen LogP contribution in [0.25, 0.3) is 0 Å². The molecule has 0 unspecified atom stereocenters. The number of para-hydroxylation sites is 1. The summed E-state index contributed by atoms with van der Waals surface area (Å²) in [5, 5.41) is 10.0. The monoisotopic (exact) mass is 309 g/mol. The third kappa shape index (κ3) is 3.62. The fourth-order valence-electron chi connectivity index (χ4n) is 2.36. The van der Waals surface area contributed by atoms with Gasteiger partial charge in [-0.05, 0) is 12.1 Å². The Hall–Kier alpha value is -1.86. The smallest absolute Gasteiger partial charge is 0.257 e. The van der Waals surface area contributed by atoms with E-state index in [0.29, 0.717) is 43.5 Å². The molecule has 1 aromatic rings. The second kappa shape index (κ2) is 6.73. The summed E-state index contributed by atoms with van der Waals surface area (Å²) in [5.41, 5.74) is 5.78. The molecule has 21 heavy (non-hydrogen) atoms. The molecular weight excluding hydrogens is 290 g/mol. The van der Waals surface area contributed by atoms with Crippen molar-refractivity contribution in [3.63, 3.8) is 0 Å². The van der Waals surface area contributed by atoms with E-state index < -0.39 is 0 Å². The van der Waals surface area contributed by atoms with Gasteiger partial charge in [0.2, 0.25) is 0 Å². The fourth-order valence-corrected chi connectivity index (χ4v) is 2.54. The summed E-state index contributed by atoms with van der Waals surface area (Å²) in [6, 6.07) is 4.91. The molecule has 2 rings (SSSR count). The molecule has 0 bridgehead atoms. The molecule has 1 saturated heterocycles. The van der Waals surface area contributed by atoms with E-state index in [0.717, 1.165) is 0 Å². The Balaban J connectivity index is 2.04. The maximum absolute atomic E-state index is 12.5. The molecule has 0 saturated carbocycles. The standard InChI is InChI=1S/C14H19N3O3S/c1-20-11-4-2-3-10(13(11)18)14(19)17-7-5-16(6-8-17)9-12(15)21/h2-4,18H,5-9H2,1H3,(H2,15,21). The number of phenolic OH excluding ortho intramolecular Hbond substituents is 1. The molecule has 3 N–H and O–H groups in total. The molecule has 0 radical (unpaired) electrons. The lowest BCUT2D eigenvalue weighted by Gasteiger charge is -2.34. The number of methoxy groups -OCH3 is 1. The maximum atomic E-state index is 12.5. The second-order valence-corrected chi connectivity index (χ2v) is 5.42. The Kier molecular flexibility index (Phi) is 4.98. The predicted octanol–water partition coefficient (Wildman–Crippen LogP) is 0.445. The quantitative estimate of drug-likeness (QED) is 0.786. The van der Waals surface area contributed by atoms with Crippen molar-refractivity contribution < 1.29 is 14.6 Å². The number of aromatic hydroxyl groups is 1. The van der Waals surface area contributed by atoms with Gasteiger partial charge < -0.3 is 20.5 Å². The molecule has 6 nitrogen and oxygen atoms in total. The largest absolute Gasteiger partial charge is 0.504 e. The van der Waals surface area contributed by atoms with Crippen LogP contribution >= 0.6 is 12.2 Å². The van der Waals surface area contributed by atoms with Crippen molar-refractivity contribution in [2.75, 3.05) is 39.8 Å². The molecule has 1 aromatic carbocycles. The molecule has 7 heteroatoms. The Morgan fingerprint density at radius 1 is 1.38 bits per heavy atom. The summed E-state index contributed by atoms with van der Waals surface area (Å²) in [6.45, 7) is 3.17. The zero-order valence-electron chi connectivity index (χ0n) is 11.9. The molecule has 1 amide bonds. The van der Waals surface area contributed by atoms with Gasteiger partial charge in [-0.1, -0.05) is 18.3 Å². The highest BCUT2D eigenvalue weighted by Crippen LogP contribution is 2.30. The van der Waals surface area contributed by atoms with Crippen molar-refractivity contribution in [3.05, 3.63) is 23.8 Å². The minimum atomic E-state index is -0.193. The van der Waals surface area contributed by atoms with Crippen molar-refractivity contribution in [2.45, 2.75) is 0 Å². The third-order valence-corrected chi connectivity index (χ3v) is 3.62. The number of nitrogens with two attached hydrogens (primary N) is 1. The molecule has 0 aliphatic carbocycles. The van der Waals surface area contributed by atoms with Crippen LogP contribution in [0, 0.1) is 0 Å². The normalized spacial score (nSPS) is 15.8. The minimum Gasteiger partial charge on any atom is -0.504 e. The Morgan fingerprint density at radius 3 is 2.62 bits per heavy atom. The van der Waals surface area contributed by atoms with E-state index in [1.54, 1.807) is 23.1 Å². The van der Waals surface area contributed by atoms with Gasteiger partial charge in [0.15, 0.2) is 11.5 Å². The molecule has 114 valence electrons. The predicted molar refractivity (Wildman–Crippen MR) is 83.8 cm³/mol. The summed E-state index contributed by atoms with van der Waals surface area (Å²) in [5.74, 6) is -0.00935. The number of benzene rings is 1. The van der Waals surface area contributed by atoms with Crippen LogP contribution in [0.2, 0.25) is 0 Å². The van der Waals surface area contributed by atoms with Crippen molar-refractivity contribution in [1.29, 1.82) is 0 Å². The number of amides is 1. The third-order valence-electron chi connectivity index (χ3n) is 3.49. The van der Waals surface area contributed by atoms with E-state index in [1.165, 1.54) is 7.11 Å². The first-order valence-electron chi connectivity index (χ1n) is 6.69. The number of carbonyl (C=O) groups is 1. The molecule has 1 fully saturated rings. The summed E-state index contributed by atoms with van der Waals surface area (Å²) in [4.78, 5) is 16.7. The van der Waals surface area contributed by atoms with Crippen LogP contribution in [0.3, 0.4) is 0 Å². The number of carbonyl (C=O) groups excluding carboxylic acids is 1. The molecule has 0 atom stereocenters. The van der Waals surface area contributed by atoms with E-state index in [4.69, 9.17) is 22.7 Å². The summed E-state index contributed by atoms with van der Waals surface area (Å²) in [7, 11) is 1.46. The second-order valence-electron chi connectivity index (χ2n) is 4.89. The van der Waals surface area contributed by atoms with E-state index in [9.17, 15) is 9.90 Å². The van der Waals surface area contributed by atoms with Crippen LogP contribution in [0.15, 0.2) is 18.2 Å². The first kappa shape index (κ1) is 15.5. The van der Waals surface area contributed by atoms with Crippen molar-refractivity contribution >= 4 is 23.1 Å². The topological polar surface area (TPSA) is 79.0 Å². The van der Waals surface area contributed by atoms with Crippen molar-refractivity contribution in [1.82, 2.24) is 9.80 Å². The van der Waals surface area contributed by atoms with Gasteiger partial charge in [0.25, 0.3) is 5.91 Å². The number of hydrogen-bond acceptors (Lipinski definition) is 5. The maximum Gasteiger partial charge on any atom is 0.257 e. The van der Waals surface area contributed by atoms with Crippen LogP contribution in [0.1, 0.15) is 10.4 Å². The van der Waals surface area contributed by atoms with Gasteiger partial charge in [0, 0.05) is 32.7 Å². The Morgan fingerprint density at radius 2 is 2.05 bits per heavy atom. The zero-order chi connectivity index (χ0) is 15.4. The molecule has 0 spiro atoms. The van der Waals surface area contributed by atoms with Crippen molar-refractivity contribution in [3.8, 4) is 11.5 Å². The summed E-state index contributed by atoms with van der Waals surface area (Å²) >= 11 is 4.89. The van der Waals surface area contributed by atoms with Crippen LogP contribution in [-0.2, 0) is 0 Å². The van der Waals surface area contributed by atoms with Crippen LogP contribution in [0.4, 0.5) is 0 Å². The van der Waals surface area contributed by atoms with E-state index in [1.807, 2.05) is 0 Å². The van der Waals surface area contributed by atoms with Gasteiger partial charge in [0.05, 0.1) is 17.7 Å². The van der Waals surface area contributed by atoms with Gasteiger partial charge in [-0.2, -0.15) is 0 Å². The van der Waals surface area contributed by atoms with E-state index >= 15 is 0 Å². The van der Waals surface area contributed by atoms with E-state index in [-0.39, 0.29) is 17.2 Å². The summed E-state index contributed by atoms with van der Waals surface area (Å²) in [6.07, 6.45) is 0. The molecular formula is C14H19N3O3S. The minimum absolute atomic E-state index is 0.115. The average molecular weight is 309 g/mol. The lowest BCUT2D eigenvalue weighted by Crippen LogP contribution is -2.50. The lowest BCUT2D eigenvalue weighted by molar-refractivity contribution is 0.0651. The molecule has 1 aliphatic rings. The number of piperazine rings is 1. The Labute approximate surface area is 129 Å². The first-order chi connectivity index (χ1) is 10.0.